The van der Waals surface area contributed by atoms with Crippen molar-refractivity contribution in [2.24, 2.45) is 0 Å². The van der Waals surface area contributed by atoms with E-state index in [-0.39, 0.29) is 17.4 Å². The molecule has 2 amide bonds. The number of carbonyl (C=O) groups excluding carboxylic acids is 2. The Morgan fingerprint density at radius 1 is 1.14 bits per heavy atom. The van der Waals surface area contributed by atoms with Crippen molar-refractivity contribution in [3.63, 3.8) is 0 Å². The molecule has 1 aliphatic rings. The molecule has 8 heteroatoms. The second-order valence-electron chi connectivity index (χ2n) is 7.97. The van der Waals surface area contributed by atoms with Crippen LogP contribution in [0.5, 0.6) is 11.5 Å². The van der Waals surface area contributed by atoms with Crippen molar-refractivity contribution in [1.82, 2.24) is 15.1 Å². The predicted octanol–water partition coefficient (Wildman–Crippen LogP) is 2.43. The van der Waals surface area contributed by atoms with E-state index in [0.717, 1.165) is 5.56 Å². The number of benzene rings is 1. The van der Waals surface area contributed by atoms with Crippen molar-refractivity contribution < 1.29 is 19.1 Å². The molecule has 2 rings (SSSR count). The van der Waals surface area contributed by atoms with Crippen LogP contribution in [0.15, 0.2) is 18.2 Å². The fraction of sp³-hybridized carbons (Fsp3) is 0.524. The van der Waals surface area contributed by atoms with Gasteiger partial charge in [-0.2, -0.15) is 0 Å². The quantitative estimate of drug-likeness (QED) is 0.711. The first-order valence-corrected chi connectivity index (χ1v) is 9.92. The van der Waals surface area contributed by atoms with Gasteiger partial charge in [0.2, 0.25) is 11.8 Å². The standard InChI is InChI=1S/C21H30ClN3O4/c1-21(2,3)23-18(26)14-24-8-10-25(11-9-24)19(27)7-6-15-12-16(22)20(29-5)17(13-15)28-4/h6-7,12-13H,8-11,14H2,1-5H3,(H,23,26). The number of halogens is 1. The topological polar surface area (TPSA) is 71.1 Å². The highest BCUT2D eigenvalue weighted by Crippen LogP contribution is 2.36. The molecular formula is C21H30ClN3O4. The molecule has 7 nitrogen and oxygen atoms in total. The van der Waals surface area contributed by atoms with E-state index in [4.69, 9.17) is 21.1 Å². The molecule has 160 valence electrons. The Hall–Kier alpha value is -2.25. The van der Waals surface area contributed by atoms with Gasteiger partial charge in [-0.25, -0.2) is 0 Å². The summed E-state index contributed by atoms with van der Waals surface area (Å²) in [5.41, 5.74) is 0.505. The zero-order valence-corrected chi connectivity index (χ0v) is 18.5. The second kappa shape index (κ2) is 9.98. The maximum atomic E-state index is 12.5. The average Bonchev–Trinajstić information content (AvgIpc) is 2.64. The van der Waals surface area contributed by atoms with Crippen LogP contribution in [0.4, 0.5) is 0 Å². The summed E-state index contributed by atoms with van der Waals surface area (Å²) in [5.74, 6) is 0.899. The summed E-state index contributed by atoms with van der Waals surface area (Å²) in [6.45, 7) is 8.72. The van der Waals surface area contributed by atoms with E-state index in [1.165, 1.54) is 20.3 Å². The minimum absolute atomic E-state index is 0.00232. The van der Waals surface area contributed by atoms with Crippen molar-refractivity contribution in [2.75, 3.05) is 46.9 Å². The highest BCUT2D eigenvalue weighted by Gasteiger charge is 2.22. The zero-order valence-electron chi connectivity index (χ0n) is 17.8. The van der Waals surface area contributed by atoms with Crippen molar-refractivity contribution in [1.29, 1.82) is 0 Å². The van der Waals surface area contributed by atoms with Gasteiger partial charge in [0.1, 0.15) is 0 Å². The molecule has 0 aliphatic carbocycles. The smallest absolute Gasteiger partial charge is 0.246 e. The van der Waals surface area contributed by atoms with Gasteiger partial charge in [0.05, 0.1) is 25.8 Å². The highest BCUT2D eigenvalue weighted by molar-refractivity contribution is 6.32. The van der Waals surface area contributed by atoms with E-state index in [0.29, 0.717) is 49.2 Å². The number of hydrogen-bond donors (Lipinski definition) is 1. The number of ether oxygens (including phenoxy) is 2. The van der Waals surface area contributed by atoms with Gasteiger partial charge in [-0.15, -0.1) is 0 Å². The average molecular weight is 424 g/mol. The number of piperazine rings is 1. The normalized spacial score (nSPS) is 15.4. The predicted molar refractivity (Wildman–Crippen MR) is 115 cm³/mol. The summed E-state index contributed by atoms with van der Waals surface area (Å²) < 4.78 is 10.5. The Labute approximate surface area is 177 Å². The minimum atomic E-state index is -0.243. The van der Waals surface area contributed by atoms with Crippen molar-refractivity contribution in [2.45, 2.75) is 26.3 Å². The fourth-order valence-corrected chi connectivity index (χ4v) is 3.39. The Balaban J connectivity index is 1.90. The maximum Gasteiger partial charge on any atom is 0.246 e. The molecule has 0 bridgehead atoms. The number of nitrogens with one attached hydrogen (secondary N) is 1. The van der Waals surface area contributed by atoms with Gasteiger partial charge in [-0.1, -0.05) is 11.6 Å². The van der Waals surface area contributed by atoms with Gasteiger partial charge in [-0.3, -0.25) is 14.5 Å². The summed E-state index contributed by atoms with van der Waals surface area (Å²) in [6, 6.07) is 3.48. The lowest BCUT2D eigenvalue weighted by Crippen LogP contribution is -2.52. The number of nitrogens with zero attached hydrogens (tertiary/aromatic N) is 2. The minimum Gasteiger partial charge on any atom is -0.493 e. The van der Waals surface area contributed by atoms with Gasteiger partial charge >= 0.3 is 0 Å². The van der Waals surface area contributed by atoms with Crippen molar-refractivity contribution in [3.8, 4) is 11.5 Å². The molecule has 0 radical (unpaired) electrons. The SMILES string of the molecule is COc1cc(C=CC(=O)N2CCN(CC(=O)NC(C)(C)C)CC2)cc(Cl)c1OC. The summed E-state index contributed by atoms with van der Waals surface area (Å²) in [6.07, 6.45) is 3.23. The van der Waals surface area contributed by atoms with Gasteiger partial charge in [0.25, 0.3) is 0 Å². The summed E-state index contributed by atoms with van der Waals surface area (Å²) in [4.78, 5) is 28.4. The Bertz CT molecular complexity index is 766. The van der Waals surface area contributed by atoms with E-state index >= 15 is 0 Å². The molecule has 0 spiro atoms. The molecule has 1 heterocycles. The van der Waals surface area contributed by atoms with Crippen LogP contribution in [0, 0.1) is 0 Å². The van der Waals surface area contributed by atoms with Crippen LogP contribution in [0.1, 0.15) is 26.3 Å². The largest absolute Gasteiger partial charge is 0.493 e. The summed E-state index contributed by atoms with van der Waals surface area (Å²) in [7, 11) is 3.06. The third-order valence-electron chi connectivity index (χ3n) is 4.44. The zero-order chi connectivity index (χ0) is 21.6. The van der Waals surface area contributed by atoms with E-state index in [2.05, 4.69) is 10.2 Å². The lowest BCUT2D eigenvalue weighted by atomic mass is 10.1. The summed E-state index contributed by atoms with van der Waals surface area (Å²) in [5, 5.41) is 3.38. The molecule has 1 aliphatic heterocycles. The lowest BCUT2D eigenvalue weighted by Gasteiger charge is -2.34. The molecule has 1 aromatic rings. The molecular weight excluding hydrogens is 394 g/mol. The second-order valence-corrected chi connectivity index (χ2v) is 8.38. The number of rotatable bonds is 6. The lowest BCUT2D eigenvalue weighted by molar-refractivity contribution is -0.128. The Morgan fingerprint density at radius 3 is 2.34 bits per heavy atom. The highest BCUT2D eigenvalue weighted by atomic mass is 35.5. The van der Waals surface area contributed by atoms with Crippen LogP contribution in [-0.4, -0.2) is 74.1 Å². The molecule has 29 heavy (non-hydrogen) atoms. The first kappa shape index (κ1) is 23.0. The third kappa shape index (κ3) is 6.94. The van der Waals surface area contributed by atoms with E-state index in [9.17, 15) is 9.59 Å². The number of amides is 2. The molecule has 0 atom stereocenters. The molecule has 0 unspecified atom stereocenters. The molecule has 1 N–H and O–H groups in total. The van der Waals surface area contributed by atoms with Crippen molar-refractivity contribution in [3.05, 3.63) is 28.8 Å². The van der Waals surface area contributed by atoms with Crippen LogP contribution < -0.4 is 14.8 Å². The van der Waals surface area contributed by atoms with Crippen LogP contribution in [-0.2, 0) is 9.59 Å². The first-order chi connectivity index (χ1) is 13.6. The monoisotopic (exact) mass is 423 g/mol. The Morgan fingerprint density at radius 2 is 1.79 bits per heavy atom. The van der Waals surface area contributed by atoms with Gasteiger partial charge < -0.3 is 19.7 Å². The van der Waals surface area contributed by atoms with E-state index in [1.54, 1.807) is 23.1 Å². The van der Waals surface area contributed by atoms with Crippen LogP contribution >= 0.6 is 11.6 Å². The van der Waals surface area contributed by atoms with Gasteiger partial charge in [0, 0.05) is 37.8 Å². The molecule has 0 saturated carbocycles. The van der Waals surface area contributed by atoms with E-state index < -0.39 is 0 Å². The van der Waals surface area contributed by atoms with Gasteiger partial charge in [0.15, 0.2) is 11.5 Å². The van der Waals surface area contributed by atoms with Gasteiger partial charge in [-0.05, 0) is 44.5 Å². The number of hydrogen-bond acceptors (Lipinski definition) is 5. The van der Waals surface area contributed by atoms with Crippen molar-refractivity contribution >= 4 is 29.5 Å². The van der Waals surface area contributed by atoms with Crippen LogP contribution in [0.3, 0.4) is 0 Å². The van der Waals surface area contributed by atoms with Crippen LogP contribution in [0.2, 0.25) is 5.02 Å². The summed E-state index contributed by atoms with van der Waals surface area (Å²) >= 11 is 6.20. The van der Waals surface area contributed by atoms with Crippen LogP contribution in [0.25, 0.3) is 6.08 Å². The van der Waals surface area contributed by atoms with E-state index in [1.807, 2.05) is 20.8 Å². The Kier molecular flexibility index (Phi) is 7.93. The third-order valence-corrected chi connectivity index (χ3v) is 4.72. The molecule has 1 saturated heterocycles. The fourth-order valence-electron chi connectivity index (χ4n) is 3.09. The number of carbonyl (C=O) groups is 2. The molecule has 1 fully saturated rings. The molecule has 1 aromatic carbocycles. The maximum absolute atomic E-state index is 12.5. The number of methoxy groups -OCH3 is 2. The first-order valence-electron chi connectivity index (χ1n) is 9.55. The molecule has 0 aromatic heterocycles.